The maximum Gasteiger partial charge on any atom is 0.307 e. The summed E-state index contributed by atoms with van der Waals surface area (Å²) >= 11 is 0. The molecule has 3 aromatic carbocycles. The number of hydrogen-bond donors (Lipinski definition) is 1. The second-order valence-corrected chi connectivity index (χ2v) is 6.93. The smallest absolute Gasteiger partial charge is 0.307 e. The zero-order chi connectivity index (χ0) is 21.8. The Morgan fingerprint density at radius 2 is 1.97 bits per heavy atom. The van der Waals surface area contributed by atoms with Crippen molar-refractivity contribution in [2.75, 3.05) is 6.79 Å². The molecule has 0 bridgehead atoms. The summed E-state index contributed by atoms with van der Waals surface area (Å²) in [5.74, 6) is 1.55. The van der Waals surface area contributed by atoms with Crippen molar-refractivity contribution in [1.29, 1.82) is 5.26 Å². The third kappa shape index (κ3) is 4.38. The number of nitriles is 1. The molecule has 0 saturated carbocycles. The summed E-state index contributed by atoms with van der Waals surface area (Å²) in [4.78, 5) is 11.3. The van der Waals surface area contributed by atoms with Crippen LogP contribution in [0.3, 0.4) is 0 Å². The van der Waals surface area contributed by atoms with Crippen LogP contribution in [0.15, 0.2) is 54.6 Å². The lowest BCUT2D eigenvalue weighted by Gasteiger charge is -2.15. The summed E-state index contributed by atoms with van der Waals surface area (Å²) in [5, 5.41) is 18.7. The van der Waals surface area contributed by atoms with Crippen LogP contribution in [0.5, 0.6) is 28.7 Å². The van der Waals surface area contributed by atoms with Gasteiger partial charge in [-0.3, -0.25) is 4.79 Å². The standard InChI is InChI=1S/C24H19NO6/c1-15-4-2-6-20(19(15)11-23(26)27)31-22-10-18(9-8-16(22)12-25)28-13-17-5-3-7-21-24(17)30-14-29-21/h2-10H,11,13-14H2,1H3,(H,26,27). The van der Waals surface area contributed by atoms with Crippen LogP contribution in [0.1, 0.15) is 22.3 Å². The predicted molar refractivity (Wildman–Crippen MR) is 111 cm³/mol. The number of carbonyl (C=O) groups is 1. The summed E-state index contributed by atoms with van der Waals surface area (Å²) in [6, 6.07) is 17.9. The van der Waals surface area contributed by atoms with Gasteiger partial charge in [-0.25, -0.2) is 0 Å². The molecule has 1 N–H and O–H groups in total. The Balaban J connectivity index is 1.58. The Hall–Kier alpha value is -4.18. The lowest BCUT2D eigenvalue weighted by atomic mass is 10.0. The molecule has 1 heterocycles. The molecule has 0 radical (unpaired) electrons. The Morgan fingerprint density at radius 3 is 2.77 bits per heavy atom. The highest BCUT2D eigenvalue weighted by Gasteiger charge is 2.18. The zero-order valence-electron chi connectivity index (χ0n) is 16.8. The summed E-state index contributed by atoms with van der Waals surface area (Å²) < 4.78 is 22.7. The van der Waals surface area contributed by atoms with E-state index < -0.39 is 5.97 Å². The Kier molecular flexibility index (Phi) is 5.63. The van der Waals surface area contributed by atoms with Crippen LogP contribution in [0.2, 0.25) is 0 Å². The number of hydrogen-bond acceptors (Lipinski definition) is 6. The van der Waals surface area contributed by atoms with Gasteiger partial charge in [0.25, 0.3) is 0 Å². The number of nitrogens with zero attached hydrogens (tertiary/aromatic N) is 1. The molecule has 7 heteroatoms. The third-order valence-electron chi connectivity index (χ3n) is 4.86. The average Bonchev–Trinajstić information content (AvgIpc) is 3.24. The van der Waals surface area contributed by atoms with Gasteiger partial charge >= 0.3 is 5.97 Å². The SMILES string of the molecule is Cc1cccc(Oc2cc(OCc3cccc4c3OCO4)ccc2C#N)c1CC(=O)O. The number of aliphatic carboxylic acids is 1. The van der Waals surface area contributed by atoms with Crippen LogP contribution < -0.4 is 18.9 Å². The van der Waals surface area contributed by atoms with Gasteiger partial charge in [0, 0.05) is 17.2 Å². The molecule has 0 atom stereocenters. The molecular weight excluding hydrogens is 398 g/mol. The van der Waals surface area contributed by atoms with Crippen LogP contribution in [0.25, 0.3) is 0 Å². The summed E-state index contributed by atoms with van der Waals surface area (Å²) in [5.41, 5.74) is 2.50. The largest absolute Gasteiger partial charge is 0.489 e. The highest BCUT2D eigenvalue weighted by molar-refractivity contribution is 5.72. The fourth-order valence-corrected chi connectivity index (χ4v) is 3.30. The molecule has 31 heavy (non-hydrogen) atoms. The van der Waals surface area contributed by atoms with Crippen LogP contribution >= 0.6 is 0 Å². The molecule has 3 aromatic rings. The number of rotatable bonds is 7. The van der Waals surface area contributed by atoms with Gasteiger partial charge in [0.1, 0.15) is 29.9 Å². The molecule has 0 aromatic heterocycles. The van der Waals surface area contributed by atoms with Crippen LogP contribution in [-0.4, -0.2) is 17.9 Å². The van der Waals surface area contributed by atoms with E-state index >= 15 is 0 Å². The number of carboxylic acid groups (broad SMARTS) is 1. The molecule has 0 aliphatic carbocycles. The quantitative estimate of drug-likeness (QED) is 0.600. The maximum absolute atomic E-state index is 11.3. The second-order valence-electron chi connectivity index (χ2n) is 6.93. The van der Waals surface area contributed by atoms with E-state index in [4.69, 9.17) is 18.9 Å². The van der Waals surface area contributed by atoms with Crippen LogP contribution in [0.4, 0.5) is 0 Å². The topological polar surface area (TPSA) is 98.0 Å². The number of aryl methyl sites for hydroxylation is 1. The van der Waals surface area contributed by atoms with Gasteiger partial charge in [-0.15, -0.1) is 0 Å². The minimum Gasteiger partial charge on any atom is -0.489 e. The van der Waals surface area contributed by atoms with Gasteiger partial charge in [0.15, 0.2) is 11.5 Å². The van der Waals surface area contributed by atoms with Crippen molar-refractivity contribution in [2.45, 2.75) is 20.0 Å². The number of para-hydroxylation sites is 1. The summed E-state index contributed by atoms with van der Waals surface area (Å²) in [7, 11) is 0. The molecule has 7 nitrogen and oxygen atoms in total. The first kappa shape index (κ1) is 20.1. The molecule has 0 fully saturated rings. The Bertz CT molecular complexity index is 1180. The number of fused-ring (bicyclic) bond motifs is 1. The predicted octanol–water partition coefficient (Wildman–Crippen LogP) is 4.59. The third-order valence-corrected chi connectivity index (χ3v) is 4.86. The first-order chi connectivity index (χ1) is 15.0. The van der Waals surface area contributed by atoms with Gasteiger partial charge in [0.05, 0.1) is 12.0 Å². The zero-order valence-corrected chi connectivity index (χ0v) is 16.8. The van der Waals surface area contributed by atoms with Crippen LogP contribution in [0, 0.1) is 18.3 Å². The highest BCUT2D eigenvalue weighted by atomic mass is 16.7. The second kappa shape index (κ2) is 8.67. The van der Waals surface area contributed by atoms with E-state index in [1.807, 2.05) is 31.2 Å². The molecule has 0 amide bonds. The van der Waals surface area contributed by atoms with E-state index in [2.05, 4.69) is 6.07 Å². The van der Waals surface area contributed by atoms with E-state index in [-0.39, 0.29) is 25.6 Å². The number of benzene rings is 3. The molecule has 0 unspecified atom stereocenters. The highest BCUT2D eigenvalue weighted by Crippen LogP contribution is 2.37. The molecule has 0 spiro atoms. The lowest BCUT2D eigenvalue weighted by molar-refractivity contribution is -0.136. The van der Waals surface area contributed by atoms with Crippen LogP contribution in [-0.2, 0) is 17.8 Å². The average molecular weight is 417 g/mol. The minimum atomic E-state index is -0.960. The molecule has 1 aliphatic heterocycles. The van der Waals surface area contributed by atoms with Crippen molar-refractivity contribution < 1.29 is 28.8 Å². The van der Waals surface area contributed by atoms with Crippen molar-refractivity contribution in [1.82, 2.24) is 0 Å². The Labute approximate surface area is 179 Å². The van der Waals surface area contributed by atoms with E-state index in [1.165, 1.54) is 0 Å². The molecule has 0 saturated heterocycles. The van der Waals surface area contributed by atoms with Gasteiger partial charge in [0.2, 0.25) is 6.79 Å². The fraction of sp³-hybridized carbons (Fsp3) is 0.167. The van der Waals surface area contributed by atoms with E-state index in [0.717, 1.165) is 11.1 Å². The normalized spacial score (nSPS) is 11.6. The van der Waals surface area contributed by atoms with Crippen molar-refractivity contribution in [3.8, 4) is 34.8 Å². The first-order valence-corrected chi connectivity index (χ1v) is 9.57. The Morgan fingerprint density at radius 1 is 1.13 bits per heavy atom. The van der Waals surface area contributed by atoms with E-state index in [1.54, 1.807) is 30.3 Å². The van der Waals surface area contributed by atoms with Crippen molar-refractivity contribution in [2.24, 2.45) is 0 Å². The van der Waals surface area contributed by atoms with Gasteiger partial charge in [-0.2, -0.15) is 5.26 Å². The minimum absolute atomic E-state index is 0.177. The molecule has 1 aliphatic rings. The molecular formula is C24H19NO6. The van der Waals surface area contributed by atoms with E-state index in [9.17, 15) is 15.2 Å². The molecule has 156 valence electrons. The maximum atomic E-state index is 11.3. The van der Waals surface area contributed by atoms with Crippen molar-refractivity contribution in [3.05, 3.63) is 76.9 Å². The van der Waals surface area contributed by atoms with Gasteiger partial charge in [-0.1, -0.05) is 24.3 Å². The van der Waals surface area contributed by atoms with Crippen molar-refractivity contribution >= 4 is 5.97 Å². The summed E-state index contributed by atoms with van der Waals surface area (Å²) in [6.07, 6.45) is -0.179. The summed E-state index contributed by atoms with van der Waals surface area (Å²) in [6.45, 7) is 2.24. The fourth-order valence-electron chi connectivity index (χ4n) is 3.30. The van der Waals surface area contributed by atoms with Gasteiger partial charge in [-0.05, 0) is 36.8 Å². The molecule has 4 rings (SSSR count). The number of ether oxygens (including phenoxy) is 4. The lowest BCUT2D eigenvalue weighted by Crippen LogP contribution is -2.04. The first-order valence-electron chi connectivity index (χ1n) is 9.57. The monoisotopic (exact) mass is 417 g/mol. The van der Waals surface area contributed by atoms with Crippen molar-refractivity contribution in [3.63, 3.8) is 0 Å². The van der Waals surface area contributed by atoms with E-state index in [0.29, 0.717) is 34.1 Å². The number of carboxylic acids is 1. The van der Waals surface area contributed by atoms with Gasteiger partial charge < -0.3 is 24.1 Å².